The fourth-order valence-electron chi connectivity index (χ4n) is 0.713. The SMILES string of the molecule is CC(C)CSc1ncnc(N)c1Cl. The lowest BCUT2D eigenvalue weighted by Gasteiger charge is -2.05. The minimum atomic E-state index is 0.350. The summed E-state index contributed by atoms with van der Waals surface area (Å²) in [6.07, 6.45) is 1.43. The zero-order valence-electron chi connectivity index (χ0n) is 7.62. The van der Waals surface area contributed by atoms with Crippen molar-refractivity contribution in [3.8, 4) is 0 Å². The van der Waals surface area contributed by atoms with Gasteiger partial charge in [0, 0.05) is 5.75 Å². The van der Waals surface area contributed by atoms with Gasteiger partial charge in [-0.15, -0.1) is 11.8 Å². The fourth-order valence-corrected chi connectivity index (χ4v) is 1.82. The molecule has 3 nitrogen and oxygen atoms in total. The lowest BCUT2D eigenvalue weighted by molar-refractivity contribution is 0.749. The molecule has 0 amide bonds. The highest BCUT2D eigenvalue weighted by Gasteiger charge is 2.07. The van der Waals surface area contributed by atoms with Crippen LogP contribution in [-0.2, 0) is 0 Å². The molecule has 1 heterocycles. The number of anilines is 1. The van der Waals surface area contributed by atoms with E-state index < -0.39 is 0 Å². The molecule has 0 atom stereocenters. The molecule has 13 heavy (non-hydrogen) atoms. The maximum atomic E-state index is 5.91. The average molecular weight is 218 g/mol. The van der Waals surface area contributed by atoms with Crippen LogP contribution in [0.5, 0.6) is 0 Å². The zero-order chi connectivity index (χ0) is 9.84. The summed E-state index contributed by atoms with van der Waals surface area (Å²) in [5.74, 6) is 1.94. The molecule has 0 radical (unpaired) electrons. The Balaban J connectivity index is 2.71. The van der Waals surface area contributed by atoms with E-state index in [0.717, 1.165) is 10.8 Å². The number of hydrogen-bond acceptors (Lipinski definition) is 4. The van der Waals surface area contributed by atoms with E-state index in [1.807, 2.05) is 0 Å². The molecule has 0 bridgehead atoms. The van der Waals surface area contributed by atoms with Crippen LogP contribution in [-0.4, -0.2) is 15.7 Å². The van der Waals surface area contributed by atoms with Crippen LogP contribution < -0.4 is 5.73 Å². The molecule has 1 aromatic heterocycles. The van der Waals surface area contributed by atoms with Gasteiger partial charge in [0.2, 0.25) is 0 Å². The Bertz CT molecular complexity index is 291. The minimum Gasteiger partial charge on any atom is -0.382 e. The van der Waals surface area contributed by atoms with Crippen LogP contribution >= 0.6 is 23.4 Å². The van der Waals surface area contributed by atoms with Crippen LogP contribution in [0.1, 0.15) is 13.8 Å². The predicted octanol–water partition coefficient (Wildman–Crippen LogP) is 2.46. The summed E-state index contributed by atoms with van der Waals surface area (Å²) in [4.78, 5) is 7.84. The lowest BCUT2D eigenvalue weighted by atomic mass is 10.3. The molecule has 0 spiro atoms. The molecule has 0 unspecified atom stereocenters. The number of aromatic nitrogens is 2. The summed E-state index contributed by atoms with van der Waals surface area (Å²) in [6.45, 7) is 4.29. The molecule has 0 fully saturated rings. The van der Waals surface area contributed by atoms with E-state index in [1.165, 1.54) is 6.33 Å². The Hall–Kier alpha value is -0.480. The van der Waals surface area contributed by atoms with E-state index in [2.05, 4.69) is 23.8 Å². The first kappa shape index (κ1) is 10.6. The number of thioether (sulfide) groups is 1. The monoisotopic (exact) mass is 217 g/mol. The van der Waals surface area contributed by atoms with Crippen molar-refractivity contribution >= 4 is 29.2 Å². The Kier molecular flexibility index (Phi) is 3.81. The second-order valence-electron chi connectivity index (χ2n) is 3.08. The van der Waals surface area contributed by atoms with Crippen molar-refractivity contribution in [2.75, 3.05) is 11.5 Å². The second kappa shape index (κ2) is 4.67. The normalized spacial score (nSPS) is 10.8. The van der Waals surface area contributed by atoms with E-state index in [1.54, 1.807) is 11.8 Å². The number of nitrogens with zero attached hydrogens (tertiary/aromatic N) is 2. The van der Waals surface area contributed by atoms with Gasteiger partial charge in [-0.25, -0.2) is 9.97 Å². The number of hydrogen-bond donors (Lipinski definition) is 1. The van der Waals surface area contributed by atoms with Crippen molar-refractivity contribution < 1.29 is 0 Å². The molecule has 0 saturated carbocycles. The van der Waals surface area contributed by atoms with E-state index in [9.17, 15) is 0 Å². The van der Waals surface area contributed by atoms with Crippen molar-refractivity contribution in [1.82, 2.24) is 9.97 Å². The number of nitrogens with two attached hydrogens (primary N) is 1. The van der Waals surface area contributed by atoms with E-state index in [0.29, 0.717) is 16.8 Å². The van der Waals surface area contributed by atoms with Crippen molar-refractivity contribution in [3.63, 3.8) is 0 Å². The fraction of sp³-hybridized carbons (Fsp3) is 0.500. The van der Waals surface area contributed by atoms with E-state index >= 15 is 0 Å². The van der Waals surface area contributed by atoms with Gasteiger partial charge in [0.15, 0.2) is 0 Å². The van der Waals surface area contributed by atoms with Crippen LogP contribution in [0.4, 0.5) is 5.82 Å². The number of halogens is 1. The smallest absolute Gasteiger partial charge is 0.146 e. The van der Waals surface area contributed by atoms with Crippen molar-refractivity contribution in [1.29, 1.82) is 0 Å². The summed E-state index contributed by atoms with van der Waals surface area (Å²) < 4.78 is 0. The molecule has 2 N–H and O–H groups in total. The van der Waals surface area contributed by atoms with Gasteiger partial charge >= 0.3 is 0 Å². The maximum absolute atomic E-state index is 5.91. The average Bonchev–Trinajstić information content (AvgIpc) is 2.07. The molecule has 1 rings (SSSR count). The summed E-state index contributed by atoms with van der Waals surface area (Å²) >= 11 is 7.51. The summed E-state index contributed by atoms with van der Waals surface area (Å²) in [5, 5.41) is 1.23. The van der Waals surface area contributed by atoms with E-state index in [4.69, 9.17) is 17.3 Å². The highest BCUT2D eigenvalue weighted by molar-refractivity contribution is 7.99. The van der Waals surface area contributed by atoms with Gasteiger partial charge in [-0.2, -0.15) is 0 Å². The van der Waals surface area contributed by atoms with Crippen LogP contribution in [0.3, 0.4) is 0 Å². The summed E-state index contributed by atoms with van der Waals surface area (Å²) in [6, 6.07) is 0. The summed E-state index contributed by atoms with van der Waals surface area (Å²) in [5.41, 5.74) is 5.53. The minimum absolute atomic E-state index is 0.350. The van der Waals surface area contributed by atoms with Gasteiger partial charge in [0.1, 0.15) is 22.2 Å². The zero-order valence-corrected chi connectivity index (χ0v) is 9.19. The second-order valence-corrected chi connectivity index (χ2v) is 4.47. The molecule has 0 saturated heterocycles. The summed E-state index contributed by atoms with van der Waals surface area (Å²) in [7, 11) is 0. The third kappa shape index (κ3) is 3.04. The molecule has 72 valence electrons. The Morgan fingerprint density at radius 2 is 2.23 bits per heavy atom. The highest BCUT2D eigenvalue weighted by atomic mass is 35.5. The van der Waals surface area contributed by atoms with Crippen molar-refractivity contribution in [2.24, 2.45) is 5.92 Å². The first-order chi connectivity index (χ1) is 6.11. The highest BCUT2D eigenvalue weighted by Crippen LogP contribution is 2.28. The maximum Gasteiger partial charge on any atom is 0.146 e. The van der Waals surface area contributed by atoms with Gasteiger partial charge in [-0.1, -0.05) is 25.4 Å². The Morgan fingerprint density at radius 3 is 2.85 bits per heavy atom. The van der Waals surface area contributed by atoms with Crippen LogP contribution in [0.2, 0.25) is 5.02 Å². The topological polar surface area (TPSA) is 51.8 Å². The molecule has 1 aromatic rings. The Morgan fingerprint density at radius 1 is 1.54 bits per heavy atom. The number of nitrogen functional groups attached to an aromatic ring is 1. The van der Waals surface area contributed by atoms with Gasteiger partial charge < -0.3 is 5.73 Å². The first-order valence-corrected chi connectivity index (χ1v) is 5.36. The van der Waals surface area contributed by atoms with Crippen molar-refractivity contribution in [3.05, 3.63) is 11.3 Å². The van der Waals surface area contributed by atoms with Gasteiger partial charge in [0.25, 0.3) is 0 Å². The van der Waals surface area contributed by atoms with Crippen LogP contribution in [0, 0.1) is 5.92 Å². The van der Waals surface area contributed by atoms with Crippen LogP contribution in [0.25, 0.3) is 0 Å². The quantitative estimate of drug-likeness (QED) is 0.624. The number of rotatable bonds is 3. The largest absolute Gasteiger partial charge is 0.382 e. The molecule has 0 aromatic carbocycles. The molecule has 0 aliphatic rings. The molecule has 5 heteroatoms. The molecular formula is C8H12ClN3S. The van der Waals surface area contributed by atoms with Gasteiger partial charge in [-0.3, -0.25) is 0 Å². The van der Waals surface area contributed by atoms with Gasteiger partial charge in [0.05, 0.1) is 0 Å². The lowest BCUT2D eigenvalue weighted by Crippen LogP contribution is -1.96. The third-order valence-corrected chi connectivity index (χ3v) is 3.24. The molecule has 0 aliphatic carbocycles. The molecule has 0 aliphatic heterocycles. The predicted molar refractivity (Wildman–Crippen MR) is 57.0 cm³/mol. The standard InChI is InChI=1S/C8H12ClN3S/c1-5(2)3-13-8-6(9)7(10)11-4-12-8/h4-5H,3H2,1-2H3,(H2,10,11,12). The first-order valence-electron chi connectivity index (χ1n) is 4.00. The molecular weight excluding hydrogens is 206 g/mol. The van der Waals surface area contributed by atoms with Gasteiger partial charge in [-0.05, 0) is 5.92 Å². The van der Waals surface area contributed by atoms with Crippen LogP contribution in [0.15, 0.2) is 11.4 Å². The third-order valence-electron chi connectivity index (χ3n) is 1.34. The van der Waals surface area contributed by atoms with E-state index in [-0.39, 0.29) is 0 Å². The Labute approximate surface area is 87.1 Å². The van der Waals surface area contributed by atoms with Crippen molar-refractivity contribution in [2.45, 2.75) is 18.9 Å².